The molecule has 0 saturated heterocycles. The van der Waals surface area contributed by atoms with Crippen LogP contribution in [0.5, 0.6) is 0 Å². The predicted molar refractivity (Wildman–Crippen MR) is 329 cm³/mol. The molecule has 0 aliphatic carbocycles. The third-order valence-electron chi connectivity index (χ3n) is 18.7. The van der Waals surface area contributed by atoms with Crippen LogP contribution in [0, 0.1) is 0 Å². The molecule has 418 valence electrons. The zero-order valence-electron chi connectivity index (χ0n) is 49.1. The Labute approximate surface area is 496 Å². The minimum Gasteiger partial charge on any atom is -0.240 e. The predicted octanol–water partition coefficient (Wildman–Crippen LogP) is 7.46. The van der Waals surface area contributed by atoms with Gasteiger partial charge >= 0.3 is 5.91 Å². The molecule has 85 heavy (non-hydrogen) atoms. The van der Waals surface area contributed by atoms with Crippen LogP contribution in [0.4, 0.5) is 0 Å². The van der Waals surface area contributed by atoms with Gasteiger partial charge in [-0.05, 0) is 120 Å². The van der Waals surface area contributed by atoms with Crippen molar-refractivity contribution in [1.29, 1.82) is 0 Å². The van der Waals surface area contributed by atoms with Crippen molar-refractivity contribution >= 4 is 33.7 Å². The third-order valence-corrected chi connectivity index (χ3v) is 18.7. The summed E-state index contributed by atoms with van der Waals surface area (Å²) in [6.07, 6.45) is 43.8. The molecule has 16 rings (SSSR count). The molecule has 10 aromatic rings. The molecule has 1 spiro atoms. The fraction of sp³-hybridized carbons (Fsp3) is 0.233. The summed E-state index contributed by atoms with van der Waals surface area (Å²) in [5.74, 6) is -0.903. The van der Waals surface area contributed by atoms with Gasteiger partial charge in [-0.25, -0.2) is 36.5 Å². The molecule has 0 fully saturated rings. The fourth-order valence-corrected chi connectivity index (χ4v) is 15.1. The molecule has 0 unspecified atom stereocenters. The molecule has 0 saturated carbocycles. The number of imidazole rings is 4. The highest BCUT2D eigenvalue weighted by Gasteiger charge is 2.73. The quantitative estimate of drug-likeness (QED) is 0.0713. The topological polar surface area (TPSA) is 51.1 Å². The van der Waals surface area contributed by atoms with Crippen LogP contribution < -0.4 is 29.0 Å². The van der Waals surface area contributed by atoms with E-state index in [4.69, 9.17) is 0 Å². The molecule has 6 aromatic heterocycles. The van der Waals surface area contributed by atoms with Gasteiger partial charge in [-0.1, -0.05) is 106 Å². The van der Waals surface area contributed by atoms with Gasteiger partial charge in [0.15, 0.2) is 0 Å². The molecular weight excluding hydrogens is 1040 g/mol. The number of benzene rings is 4. The first-order valence-electron chi connectivity index (χ1n) is 30.6. The van der Waals surface area contributed by atoms with E-state index < -0.39 is 5.91 Å². The maximum absolute atomic E-state index is 2.78. The Kier molecular flexibility index (Phi) is 12.2. The zero-order chi connectivity index (χ0) is 56.9. The molecule has 6 aliphatic heterocycles. The van der Waals surface area contributed by atoms with Gasteiger partial charge in [0.25, 0.3) is 0 Å². The summed E-state index contributed by atoms with van der Waals surface area (Å²) >= 11 is 0. The van der Waals surface area contributed by atoms with Crippen molar-refractivity contribution in [2.75, 3.05) is 0 Å². The Morgan fingerprint density at radius 3 is 0.976 bits per heavy atom. The summed E-state index contributed by atoms with van der Waals surface area (Å²) in [7, 11) is 8.41. The van der Waals surface area contributed by atoms with E-state index >= 15 is 0 Å². The van der Waals surface area contributed by atoms with E-state index in [-0.39, 0.29) is 0 Å². The van der Waals surface area contributed by atoms with Crippen molar-refractivity contribution in [3.05, 3.63) is 299 Å². The highest BCUT2D eigenvalue weighted by molar-refractivity contribution is 6.30. The van der Waals surface area contributed by atoms with E-state index in [1.807, 2.05) is 0 Å². The molecule has 0 radical (unpaired) electrons. The average Bonchev–Trinajstić information content (AvgIpc) is 1.63. The smallest absolute Gasteiger partial charge is 0.240 e. The number of hydrogen-bond donors (Lipinski definition) is 0. The van der Waals surface area contributed by atoms with Crippen LogP contribution in [0.2, 0.25) is 0 Å². The second kappa shape index (κ2) is 20.3. The SMILES string of the molecule is Cn1cc[n+](CCCc2ccccc2C2=C3C=CC4=[N+]3C35n6c2ccc6C(c2ccccc2CCC[n+]2ccn(C)c2)=C2C=CC(=[N+]23)C(c2ccccc2CCC[n+]2ccn(C)c2)=c2ccc(n25)=C4c2ccccc2CCC[n+]2ccn(C)c2)c1. The lowest BCUT2D eigenvalue weighted by molar-refractivity contribution is -0.834. The van der Waals surface area contributed by atoms with Gasteiger partial charge in [0.2, 0.25) is 48.1 Å². The maximum atomic E-state index is 2.78. The zero-order valence-corrected chi connectivity index (χ0v) is 49.1. The number of nitrogens with zero attached hydrogens (tertiary/aromatic N) is 12. The fourth-order valence-electron chi connectivity index (χ4n) is 15.1. The van der Waals surface area contributed by atoms with Gasteiger partial charge in [0.05, 0.1) is 98.7 Å². The van der Waals surface area contributed by atoms with Crippen LogP contribution in [-0.4, -0.2) is 48.0 Å². The Hall–Kier alpha value is -9.68. The summed E-state index contributed by atoms with van der Waals surface area (Å²) in [6, 6.07) is 47.0. The summed E-state index contributed by atoms with van der Waals surface area (Å²) in [5.41, 5.74) is 23.1. The van der Waals surface area contributed by atoms with Crippen LogP contribution in [-0.2, 0) is 86.0 Å². The molecule has 12 heterocycles. The lowest BCUT2D eigenvalue weighted by Gasteiger charge is -2.41. The average molecular weight is 1120 g/mol. The molecule has 0 amide bonds. The summed E-state index contributed by atoms with van der Waals surface area (Å²) < 4.78 is 28.9. The monoisotopic (exact) mass is 1120 g/mol. The second-order valence-electron chi connectivity index (χ2n) is 24.2. The minimum absolute atomic E-state index is 0.903. The van der Waals surface area contributed by atoms with Crippen molar-refractivity contribution in [1.82, 2.24) is 27.4 Å². The highest BCUT2D eigenvalue weighted by atomic mass is 15.6. The number of aromatic nitrogens is 10. The Morgan fingerprint density at radius 2 is 0.659 bits per heavy atom. The van der Waals surface area contributed by atoms with Crippen molar-refractivity contribution in [3.8, 4) is 0 Å². The van der Waals surface area contributed by atoms with Crippen molar-refractivity contribution in [3.63, 3.8) is 0 Å². The van der Waals surface area contributed by atoms with Crippen molar-refractivity contribution in [2.24, 2.45) is 28.2 Å². The summed E-state index contributed by atoms with van der Waals surface area (Å²) in [5, 5.41) is 2.46. The molecule has 6 aliphatic rings. The third kappa shape index (κ3) is 8.16. The molecule has 0 bridgehead atoms. The van der Waals surface area contributed by atoms with E-state index in [2.05, 4.69) is 304 Å². The van der Waals surface area contributed by atoms with Gasteiger partial charge < -0.3 is 0 Å². The summed E-state index contributed by atoms with van der Waals surface area (Å²) in [6.45, 7) is 3.80. The van der Waals surface area contributed by atoms with Gasteiger partial charge in [0.1, 0.15) is 49.6 Å². The molecule has 12 heteroatoms. The first-order valence-corrected chi connectivity index (χ1v) is 30.6. The second-order valence-corrected chi connectivity index (χ2v) is 24.2. The highest BCUT2D eigenvalue weighted by Crippen LogP contribution is 2.54. The number of aryl methyl sites for hydroxylation is 12. The molecule has 12 nitrogen and oxygen atoms in total. The number of rotatable bonds is 20. The maximum Gasteiger partial charge on any atom is 0.553 e. The minimum atomic E-state index is -0.903. The molecule has 0 N–H and O–H groups in total. The van der Waals surface area contributed by atoms with Crippen LogP contribution in [0.3, 0.4) is 0 Å². The van der Waals surface area contributed by atoms with Crippen molar-refractivity contribution < 1.29 is 27.4 Å². The van der Waals surface area contributed by atoms with E-state index in [1.54, 1.807) is 0 Å². The lowest BCUT2D eigenvalue weighted by Crippen LogP contribution is -2.71. The Morgan fingerprint density at radius 1 is 0.341 bits per heavy atom. The number of allylic oxidation sites excluding steroid dienone is 4. The first kappa shape index (κ1) is 51.0. The largest absolute Gasteiger partial charge is 0.553 e. The number of hydrogen-bond acceptors (Lipinski definition) is 0. The van der Waals surface area contributed by atoms with Crippen LogP contribution >= 0.6 is 0 Å². The Bertz CT molecular complexity index is 4440. The molecule has 0 atom stereocenters. The Balaban J connectivity index is 0.957. The standard InChI is InChI=1S/C73H72N12/c1-74-41-45-78(49-74)37-13-21-53-17-5-9-25-57(53)69-61-29-31-63-70(58-26-10-6-18-54(58)22-14-38-79-46-42-75(2)50-79)65-33-35-67-72(60-28-12-8-20-56(60)24-16-40-81-48-44-77(4)52-81)68-36-34-66-71(59-27-11-7-19-55(59)23-15-39-80-47-43-76(3)51-80)64-32-30-62(69)83(64)73(82(61)63,84(65)67)85(66)68/h5-12,17-20,25-36,41-52H,13-16,21-24,37-40H2,1-4H3/q+6. The van der Waals surface area contributed by atoms with E-state index in [1.165, 1.54) is 112 Å². The normalized spacial score (nSPS) is 15.6. The molecular formula is C73H72N12+6. The van der Waals surface area contributed by atoms with Gasteiger partial charge in [-0.2, -0.15) is 9.13 Å². The van der Waals surface area contributed by atoms with E-state index in [0.717, 1.165) is 77.5 Å². The first-order chi connectivity index (χ1) is 41.8. The van der Waals surface area contributed by atoms with Gasteiger partial charge in [-0.3, -0.25) is 0 Å². The van der Waals surface area contributed by atoms with Crippen LogP contribution in [0.25, 0.3) is 22.3 Å². The van der Waals surface area contributed by atoms with Crippen molar-refractivity contribution in [2.45, 2.75) is 83.5 Å². The van der Waals surface area contributed by atoms with Crippen LogP contribution in [0.15, 0.2) is 232 Å². The van der Waals surface area contributed by atoms with E-state index in [9.17, 15) is 0 Å². The van der Waals surface area contributed by atoms with Gasteiger partial charge in [-0.15, -0.1) is 0 Å². The lowest BCUT2D eigenvalue weighted by atomic mass is 9.88. The summed E-state index contributed by atoms with van der Waals surface area (Å²) in [4.78, 5) is 0. The van der Waals surface area contributed by atoms with Gasteiger partial charge in [0, 0.05) is 24.3 Å². The van der Waals surface area contributed by atoms with E-state index in [0.29, 0.717) is 0 Å². The molecule has 4 aromatic carbocycles. The van der Waals surface area contributed by atoms with Crippen LogP contribution in [0.1, 0.15) is 81.6 Å².